The van der Waals surface area contributed by atoms with Crippen LogP contribution in [-0.4, -0.2) is 42.2 Å². The zero-order valence-corrected chi connectivity index (χ0v) is 15.3. The molecule has 0 saturated carbocycles. The van der Waals surface area contributed by atoms with Crippen LogP contribution in [0, 0.1) is 11.8 Å². The van der Waals surface area contributed by atoms with Crippen molar-refractivity contribution in [3.8, 4) is 0 Å². The van der Waals surface area contributed by atoms with Crippen molar-refractivity contribution in [3.05, 3.63) is 24.3 Å². The molecule has 1 atom stereocenters. The molecular weight excluding hydrogens is 328 g/mol. The van der Waals surface area contributed by atoms with Gasteiger partial charge in [0.05, 0.1) is 11.0 Å². The second-order valence-electron chi connectivity index (χ2n) is 7.31. The quantitative estimate of drug-likeness (QED) is 0.913. The lowest BCUT2D eigenvalue weighted by Gasteiger charge is -2.27. The normalized spacial score (nSPS) is 19.7. The van der Waals surface area contributed by atoms with E-state index in [0.717, 1.165) is 68.8 Å². The molecule has 1 unspecified atom stereocenters. The molecule has 0 spiro atoms. The predicted octanol–water partition coefficient (Wildman–Crippen LogP) is 3.23. The fraction of sp³-hybridized carbons (Fsp3) is 0.550. The Balaban J connectivity index is 1.61. The SMILES string of the molecule is CC(C(=O)Nc1nc2ccccc2nc1N1CCCC1)C1CCOCC1. The van der Waals surface area contributed by atoms with Gasteiger partial charge < -0.3 is 15.0 Å². The van der Waals surface area contributed by atoms with E-state index in [1.54, 1.807) is 0 Å². The number of carbonyl (C=O) groups is 1. The highest BCUT2D eigenvalue weighted by molar-refractivity contribution is 5.95. The van der Waals surface area contributed by atoms with Gasteiger partial charge in [0.25, 0.3) is 0 Å². The molecular formula is C20H26N4O2. The standard InChI is InChI=1S/C20H26N4O2/c1-14(15-8-12-26-13-9-15)20(25)23-18-19(24-10-4-5-11-24)22-17-7-3-2-6-16(17)21-18/h2-3,6-7,14-15H,4-5,8-13H2,1H3,(H,21,23,25). The number of benzene rings is 1. The second-order valence-corrected chi connectivity index (χ2v) is 7.31. The Morgan fingerprint density at radius 3 is 2.50 bits per heavy atom. The Morgan fingerprint density at radius 2 is 1.81 bits per heavy atom. The average molecular weight is 354 g/mol. The predicted molar refractivity (Wildman–Crippen MR) is 102 cm³/mol. The molecule has 0 aliphatic carbocycles. The van der Waals surface area contributed by atoms with Crippen LogP contribution in [0.25, 0.3) is 11.0 Å². The van der Waals surface area contributed by atoms with E-state index in [0.29, 0.717) is 11.7 Å². The van der Waals surface area contributed by atoms with Crippen molar-refractivity contribution < 1.29 is 9.53 Å². The van der Waals surface area contributed by atoms with Crippen molar-refractivity contribution in [2.24, 2.45) is 11.8 Å². The molecule has 26 heavy (non-hydrogen) atoms. The monoisotopic (exact) mass is 354 g/mol. The number of carbonyl (C=O) groups excluding carboxylic acids is 1. The summed E-state index contributed by atoms with van der Waals surface area (Å²) in [5.41, 5.74) is 1.68. The van der Waals surface area contributed by atoms with Gasteiger partial charge in [0, 0.05) is 32.2 Å². The van der Waals surface area contributed by atoms with E-state index < -0.39 is 0 Å². The van der Waals surface area contributed by atoms with Gasteiger partial charge in [-0.15, -0.1) is 0 Å². The van der Waals surface area contributed by atoms with E-state index in [2.05, 4.69) is 10.2 Å². The molecule has 6 nitrogen and oxygen atoms in total. The van der Waals surface area contributed by atoms with Crippen LogP contribution in [0.5, 0.6) is 0 Å². The number of rotatable bonds is 4. The van der Waals surface area contributed by atoms with Gasteiger partial charge in [0.1, 0.15) is 0 Å². The third kappa shape index (κ3) is 3.51. The molecule has 2 aliphatic rings. The Kier molecular flexibility index (Phi) is 5.02. The maximum absolute atomic E-state index is 12.9. The number of hydrogen-bond acceptors (Lipinski definition) is 5. The molecule has 3 heterocycles. The highest BCUT2D eigenvalue weighted by atomic mass is 16.5. The number of amides is 1. The van der Waals surface area contributed by atoms with Crippen LogP contribution in [0.15, 0.2) is 24.3 Å². The van der Waals surface area contributed by atoms with Crippen molar-refractivity contribution in [1.29, 1.82) is 0 Å². The summed E-state index contributed by atoms with van der Waals surface area (Å²) >= 11 is 0. The van der Waals surface area contributed by atoms with Gasteiger partial charge in [0.2, 0.25) is 5.91 Å². The fourth-order valence-electron chi connectivity index (χ4n) is 3.88. The zero-order valence-electron chi connectivity index (χ0n) is 15.3. The van der Waals surface area contributed by atoms with Crippen LogP contribution >= 0.6 is 0 Å². The summed E-state index contributed by atoms with van der Waals surface area (Å²) in [4.78, 5) is 24.6. The molecule has 2 aromatic rings. The van der Waals surface area contributed by atoms with Crippen molar-refractivity contribution in [2.45, 2.75) is 32.6 Å². The van der Waals surface area contributed by atoms with E-state index in [1.807, 2.05) is 31.2 Å². The topological polar surface area (TPSA) is 67.4 Å². The smallest absolute Gasteiger partial charge is 0.228 e. The van der Waals surface area contributed by atoms with Gasteiger partial charge in [-0.25, -0.2) is 9.97 Å². The van der Waals surface area contributed by atoms with E-state index in [1.165, 1.54) is 0 Å². The van der Waals surface area contributed by atoms with Gasteiger partial charge >= 0.3 is 0 Å². The first-order valence-corrected chi connectivity index (χ1v) is 9.63. The van der Waals surface area contributed by atoms with Gasteiger partial charge in [-0.1, -0.05) is 19.1 Å². The van der Waals surface area contributed by atoms with Gasteiger partial charge in [-0.2, -0.15) is 0 Å². The van der Waals surface area contributed by atoms with E-state index in [9.17, 15) is 4.79 Å². The lowest BCUT2D eigenvalue weighted by Crippen LogP contribution is -2.32. The summed E-state index contributed by atoms with van der Waals surface area (Å²) in [5, 5.41) is 3.08. The zero-order chi connectivity index (χ0) is 17.9. The maximum Gasteiger partial charge on any atom is 0.228 e. The first-order chi connectivity index (χ1) is 12.7. The molecule has 4 rings (SSSR count). The summed E-state index contributed by atoms with van der Waals surface area (Å²) in [6.45, 7) is 5.43. The minimum atomic E-state index is -0.0569. The average Bonchev–Trinajstić information content (AvgIpc) is 3.22. The van der Waals surface area contributed by atoms with Crippen LogP contribution in [-0.2, 0) is 9.53 Å². The third-order valence-corrected chi connectivity index (χ3v) is 5.59. The van der Waals surface area contributed by atoms with Crippen molar-refractivity contribution >= 4 is 28.6 Å². The molecule has 1 N–H and O–H groups in total. The van der Waals surface area contributed by atoms with E-state index >= 15 is 0 Å². The van der Waals surface area contributed by atoms with Gasteiger partial charge in [-0.05, 0) is 43.7 Å². The molecule has 138 valence electrons. The Morgan fingerprint density at radius 1 is 1.15 bits per heavy atom. The number of hydrogen-bond donors (Lipinski definition) is 1. The summed E-state index contributed by atoms with van der Waals surface area (Å²) < 4.78 is 5.42. The van der Waals surface area contributed by atoms with E-state index in [-0.39, 0.29) is 11.8 Å². The van der Waals surface area contributed by atoms with Gasteiger partial charge in [0.15, 0.2) is 11.6 Å². The highest BCUT2D eigenvalue weighted by Crippen LogP contribution is 2.30. The lowest BCUT2D eigenvalue weighted by atomic mass is 9.87. The Bertz CT molecular complexity index is 782. The lowest BCUT2D eigenvalue weighted by molar-refractivity contribution is -0.122. The number of ether oxygens (including phenoxy) is 1. The Hall–Kier alpha value is -2.21. The van der Waals surface area contributed by atoms with Crippen LogP contribution in [0.3, 0.4) is 0 Å². The van der Waals surface area contributed by atoms with Crippen LogP contribution in [0.1, 0.15) is 32.6 Å². The van der Waals surface area contributed by atoms with Crippen molar-refractivity contribution in [1.82, 2.24) is 9.97 Å². The summed E-state index contributed by atoms with van der Waals surface area (Å²) in [5.74, 6) is 1.73. The first kappa shape index (κ1) is 17.2. The number of nitrogens with zero attached hydrogens (tertiary/aromatic N) is 3. The molecule has 0 radical (unpaired) electrons. The molecule has 0 bridgehead atoms. The number of para-hydroxylation sites is 2. The number of anilines is 2. The summed E-state index contributed by atoms with van der Waals surface area (Å²) in [6.07, 6.45) is 4.19. The molecule has 1 amide bonds. The van der Waals surface area contributed by atoms with Crippen LogP contribution < -0.4 is 10.2 Å². The van der Waals surface area contributed by atoms with Crippen molar-refractivity contribution in [3.63, 3.8) is 0 Å². The fourth-order valence-corrected chi connectivity index (χ4v) is 3.88. The molecule has 1 aromatic heterocycles. The van der Waals surface area contributed by atoms with E-state index in [4.69, 9.17) is 14.7 Å². The summed E-state index contributed by atoms with van der Waals surface area (Å²) in [7, 11) is 0. The number of fused-ring (bicyclic) bond motifs is 1. The molecule has 6 heteroatoms. The maximum atomic E-state index is 12.9. The summed E-state index contributed by atoms with van der Waals surface area (Å²) in [6, 6.07) is 7.82. The molecule has 2 saturated heterocycles. The first-order valence-electron chi connectivity index (χ1n) is 9.63. The highest BCUT2D eigenvalue weighted by Gasteiger charge is 2.28. The van der Waals surface area contributed by atoms with Crippen molar-refractivity contribution in [2.75, 3.05) is 36.5 Å². The van der Waals surface area contributed by atoms with Gasteiger partial charge in [-0.3, -0.25) is 4.79 Å². The third-order valence-electron chi connectivity index (χ3n) is 5.59. The minimum absolute atomic E-state index is 0.0296. The molecule has 2 fully saturated rings. The molecule has 2 aliphatic heterocycles. The number of aromatic nitrogens is 2. The molecule has 1 aromatic carbocycles. The largest absolute Gasteiger partial charge is 0.381 e. The minimum Gasteiger partial charge on any atom is -0.381 e. The van der Waals surface area contributed by atoms with Crippen LogP contribution in [0.4, 0.5) is 11.6 Å². The number of nitrogens with one attached hydrogen (secondary N) is 1. The Labute approximate surface area is 154 Å². The second kappa shape index (κ2) is 7.58. The van der Waals surface area contributed by atoms with Crippen LogP contribution in [0.2, 0.25) is 0 Å².